The molecule has 0 radical (unpaired) electrons. The molecule has 0 N–H and O–H groups in total. The first-order chi connectivity index (χ1) is 13.6. The van der Waals surface area contributed by atoms with Crippen molar-refractivity contribution in [1.82, 2.24) is 0 Å². The Kier molecular flexibility index (Phi) is 14.7. The third-order valence-corrected chi connectivity index (χ3v) is 6.39. The molecule has 4 heteroatoms. The van der Waals surface area contributed by atoms with Crippen LogP contribution in [0.3, 0.4) is 0 Å². The third kappa shape index (κ3) is 10.8. The summed E-state index contributed by atoms with van der Waals surface area (Å²) >= 11 is 0. The Morgan fingerprint density at radius 3 is 2.00 bits per heavy atom. The Morgan fingerprint density at radius 2 is 1.43 bits per heavy atom. The van der Waals surface area contributed by atoms with Crippen LogP contribution in [0.4, 0.5) is 0 Å². The SMILES string of the molecule is CCCCC(CC)COOCC1CCC(COC(=O)C(CC)CCCC)CC1. The maximum atomic E-state index is 12.2. The first-order valence-electron chi connectivity index (χ1n) is 12.0. The first kappa shape index (κ1) is 25.4. The van der Waals surface area contributed by atoms with Crippen molar-refractivity contribution in [2.24, 2.45) is 23.7 Å². The van der Waals surface area contributed by atoms with E-state index in [1.807, 2.05) is 0 Å². The zero-order valence-electron chi connectivity index (χ0n) is 19.0. The number of ether oxygens (including phenoxy) is 1. The Hall–Kier alpha value is -0.610. The monoisotopic (exact) mass is 398 g/mol. The van der Waals surface area contributed by atoms with Crippen LogP contribution in [-0.4, -0.2) is 25.8 Å². The zero-order chi connectivity index (χ0) is 20.6. The van der Waals surface area contributed by atoms with E-state index in [2.05, 4.69) is 27.7 Å². The summed E-state index contributed by atoms with van der Waals surface area (Å²) in [6.07, 6.45) is 13.5. The average Bonchev–Trinajstić information content (AvgIpc) is 2.73. The number of carbonyl (C=O) groups excluding carboxylic acids is 1. The van der Waals surface area contributed by atoms with E-state index in [1.165, 1.54) is 19.3 Å². The van der Waals surface area contributed by atoms with Gasteiger partial charge in [0.1, 0.15) is 0 Å². The largest absolute Gasteiger partial charge is 0.465 e. The minimum atomic E-state index is 0.0170. The lowest BCUT2D eigenvalue weighted by Crippen LogP contribution is -2.25. The van der Waals surface area contributed by atoms with Gasteiger partial charge < -0.3 is 4.74 Å². The van der Waals surface area contributed by atoms with Crippen molar-refractivity contribution in [3.63, 3.8) is 0 Å². The second kappa shape index (κ2) is 16.2. The molecule has 1 saturated carbocycles. The smallest absolute Gasteiger partial charge is 0.308 e. The highest BCUT2D eigenvalue weighted by atomic mass is 17.2. The molecule has 28 heavy (non-hydrogen) atoms. The van der Waals surface area contributed by atoms with Crippen molar-refractivity contribution in [3.05, 3.63) is 0 Å². The molecule has 0 bridgehead atoms. The quantitative estimate of drug-likeness (QED) is 0.125. The van der Waals surface area contributed by atoms with Crippen LogP contribution in [-0.2, 0) is 19.3 Å². The van der Waals surface area contributed by atoms with Gasteiger partial charge in [-0.2, -0.15) is 0 Å². The molecule has 0 aliphatic heterocycles. The van der Waals surface area contributed by atoms with E-state index in [0.717, 1.165) is 64.4 Å². The van der Waals surface area contributed by atoms with Crippen molar-refractivity contribution in [2.45, 2.75) is 105 Å². The summed E-state index contributed by atoms with van der Waals surface area (Å²) < 4.78 is 5.64. The van der Waals surface area contributed by atoms with E-state index < -0.39 is 0 Å². The van der Waals surface area contributed by atoms with Crippen LogP contribution in [0.25, 0.3) is 0 Å². The van der Waals surface area contributed by atoms with Gasteiger partial charge in [-0.25, -0.2) is 9.78 Å². The lowest BCUT2D eigenvalue weighted by atomic mass is 9.83. The maximum Gasteiger partial charge on any atom is 0.308 e. The Labute approximate surface area is 174 Å². The van der Waals surface area contributed by atoms with Gasteiger partial charge in [-0.1, -0.05) is 59.8 Å². The Balaban J connectivity index is 2.12. The summed E-state index contributed by atoms with van der Waals surface area (Å²) in [6.45, 7) is 10.7. The molecule has 0 saturated heterocycles. The van der Waals surface area contributed by atoms with Gasteiger partial charge in [0.25, 0.3) is 0 Å². The third-order valence-electron chi connectivity index (χ3n) is 6.39. The zero-order valence-corrected chi connectivity index (χ0v) is 19.0. The van der Waals surface area contributed by atoms with Crippen molar-refractivity contribution in [1.29, 1.82) is 0 Å². The van der Waals surface area contributed by atoms with Crippen LogP contribution in [0.1, 0.15) is 105 Å². The molecule has 166 valence electrons. The molecule has 2 atom stereocenters. The van der Waals surface area contributed by atoms with Gasteiger partial charge in [0, 0.05) is 0 Å². The predicted octanol–water partition coefficient (Wildman–Crippen LogP) is 6.72. The van der Waals surface area contributed by atoms with E-state index in [4.69, 9.17) is 14.5 Å². The van der Waals surface area contributed by atoms with Gasteiger partial charge in [0.2, 0.25) is 0 Å². The number of hydrogen-bond donors (Lipinski definition) is 0. The molecular formula is C24H46O4. The van der Waals surface area contributed by atoms with Gasteiger partial charge in [-0.3, -0.25) is 4.79 Å². The van der Waals surface area contributed by atoms with Crippen LogP contribution < -0.4 is 0 Å². The molecule has 1 aliphatic carbocycles. The number of carbonyl (C=O) groups is 1. The normalized spacial score (nSPS) is 22.0. The number of unbranched alkanes of at least 4 members (excludes halogenated alkanes) is 2. The molecule has 0 spiro atoms. The lowest BCUT2D eigenvalue weighted by molar-refractivity contribution is -0.309. The van der Waals surface area contributed by atoms with Crippen molar-refractivity contribution in [2.75, 3.05) is 19.8 Å². The minimum absolute atomic E-state index is 0.0170. The first-order valence-corrected chi connectivity index (χ1v) is 12.0. The Morgan fingerprint density at radius 1 is 0.821 bits per heavy atom. The van der Waals surface area contributed by atoms with E-state index in [1.54, 1.807) is 0 Å². The topological polar surface area (TPSA) is 44.8 Å². The molecule has 2 unspecified atom stereocenters. The molecule has 1 fully saturated rings. The van der Waals surface area contributed by atoms with E-state index in [-0.39, 0.29) is 11.9 Å². The molecule has 4 nitrogen and oxygen atoms in total. The van der Waals surface area contributed by atoms with Crippen molar-refractivity contribution in [3.8, 4) is 0 Å². The highest BCUT2D eigenvalue weighted by Crippen LogP contribution is 2.29. The fourth-order valence-electron chi connectivity index (χ4n) is 4.01. The van der Waals surface area contributed by atoms with Crippen LogP contribution in [0.15, 0.2) is 0 Å². The number of hydrogen-bond acceptors (Lipinski definition) is 4. The fourth-order valence-corrected chi connectivity index (χ4v) is 4.01. The molecule has 0 amide bonds. The van der Waals surface area contributed by atoms with Crippen LogP contribution >= 0.6 is 0 Å². The number of esters is 1. The van der Waals surface area contributed by atoms with Crippen molar-refractivity contribution < 1.29 is 19.3 Å². The molecular weight excluding hydrogens is 352 g/mol. The molecule has 0 aromatic carbocycles. The second-order valence-corrected chi connectivity index (χ2v) is 8.75. The van der Waals surface area contributed by atoms with Gasteiger partial charge in [-0.05, 0) is 62.7 Å². The van der Waals surface area contributed by atoms with E-state index in [9.17, 15) is 4.79 Å². The fraction of sp³-hybridized carbons (Fsp3) is 0.958. The standard InChI is InChI=1S/C24H46O4/c1-5-9-11-20(7-3)18-27-28-19-22-15-13-21(14-16-22)17-26-24(25)23(8-4)12-10-6-2/h20-23H,5-19H2,1-4H3. The summed E-state index contributed by atoms with van der Waals surface area (Å²) in [5.74, 6) is 1.82. The maximum absolute atomic E-state index is 12.2. The van der Waals surface area contributed by atoms with Gasteiger partial charge in [-0.15, -0.1) is 0 Å². The summed E-state index contributed by atoms with van der Waals surface area (Å²) in [7, 11) is 0. The number of rotatable bonds is 16. The van der Waals surface area contributed by atoms with E-state index in [0.29, 0.717) is 31.0 Å². The van der Waals surface area contributed by atoms with Crippen LogP contribution in [0.2, 0.25) is 0 Å². The van der Waals surface area contributed by atoms with Crippen LogP contribution in [0, 0.1) is 23.7 Å². The van der Waals surface area contributed by atoms with Gasteiger partial charge >= 0.3 is 5.97 Å². The summed E-state index contributed by atoms with van der Waals surface area (Å²) in [5, 5.41) is 0. The highest BCUT2D eigenvalue weighted by molar-refractivity contribution is 5.72. The molecule has 0 aromatic rings. The molecule has 0 heterocycles. The minimum Gasteiger partial charge on any atom is -0.465 e. The van der Waals surface area contributed by atoms with Crippen LogP contribution in [0.5, 0.6) is 0 Å². The molecule has 1 rings (SSSR count). The summed E-state index contributed by atoms with van der Waals surface area (Å²) in [5.41, 5.74) is 0. The second-order valence-electron chi connectivity index (χ2n) is 8.75. The van der Waals surface area contributed by atoms with E-state index >= 15 is 0 Å². The molecule has 0 aromatic heterocycles. The average molecular weight is 399 g/mol. The van der Waals surface area contributed by atoms with Crippen molar-refractivity contribution >= 4 is 5.97 Å². The van der Waals surface area contributed by atoms with Gasteiger partial charge in [0.05, 0.1) is 25.7 Å². The lowest BCUT2D eigenvalue weighted by Gasteiger charge is -2.28. The summed E-state index contributed by atoms with van der Waals surface area (Å²) in [6, 6.07) is 0. The molecule has 1 aliphatic rings. The van der Waals surface area contributed by atoms with Gasteiger partial charge in [0.15, 0.2) is 0 Å². The summed E-state index contributed by atoms with van der Waals surface area (Å²) in [4.78, 5) is 23.3. The Bertz CT molecular complexity index is 377. The predicted molar refractivity (Wildman–Crippen MR) is 115 cm³/mol. The highest BCUT2D eigenvalue weighted by Gasteiger charge is 2.24.